The summed E-state index contributed by atoms with van der Waals surface area (Å²) in [5.41, 5.74) is 8.43. The topological polar surface area (TPSA) is 29.3 Å². The summed E-state index contributed by atoms with van der Waals surface area (Å²) in [6.07, 6.45) is 0. The van der Waals surface area contributed by atoms with E-state index < -0.39 is 0 Å². The average Bonchev–Trinajstić information content (AvgIpc) is 2.58. The van der Waals surface area contributed by atoms with Crippen LogP contribution in [0.1, 0.15) is 37.9 Å². The highest BCUT2D eigenvalue weighted by molar-refractivity contribution is 5.31. The van der Waals surface area contributed by atoms with Crippen LogP contribution in [0.3, 0.4) is 0 Å². The van der Waals surface area contributed by atoms with Crippen LogP contribution in [0.4, 0.5) is 0 Å². The fraction of sp³-hybridized carbons (Fsp3) is 0.368. The maximum atomic E-state index is 5.83. The van der Waals surface area contributed by atoms with E-state index in [0.717, 1.165) is 0 Å². The van der Waals surface area contributed by atoms with Gasteiger partial charge in [0.25, 0.3) is 0 Å². The molecule has 0 saturated heterocycles. The predicted molar refractivity (Wildman–Crippen MR) is 92.4 cm³/mol. The summed E-state index contributed by atoms with van der Waals surface area (Å²) in [5, 5.41) is 0. The van der Waals surface area contributed by atoms with Gasteiger partial charge in [0.15, 0.2) is 0 Å². The molecule has 0 aliphatic rings. The molecule has 0 aliphatic heterocycles. The van der Waals surface area contributed by atoms with Crippen LogP contribution in [0.25, 0.3) is 0 Å². The molecule has 2 aromatic carbocycles. The Morgan fingerprint density at radius 2 is 1.24 bits per heavy atom. The molecule has 2 aromatic rings. The summed E-state index contributed by atoms with van der Waals surface area (Å²) in [4.78, 5) is 2.34. The fourth-order valence-electron chi connectivity index (χ4n) is 2.35. The van der Waals surface area contributed by atoms with E-state index in [1.807, 2.05) is 13.8 Å². The first kappa shape index (κ1) is 17.4. The van der Waals surface area contributed by atoms with Crippen LogP contribution in [0.2, 0.25) is 0 Å². The molecule has 0 spiro atoms. The molecule has 2 nitrogen and oxygen atoms in total. The molecule has 21 heavy (non-hydrogen) atoms. The van der Waals surface area contributed by atoms with Crippen LogP contribution < -0.4 is 5.73 Å². The Morgan fingerprint density at radius 3 is 1.57 bits per heavy atom. The Hall–Kier alpha value is -1.64. The van der Waals surface area contributed by atoms with Gasteiger partial charge in [-0.2, -0.15) is 0 Å². The van der Waals surface area contributed by atoms with Gasteiger partial charge in [-0.25, -0.2) is 0 Å². The van der Waals surface area contributed by atoms with E-state index >= 15 is 0 Å². The number of hydrogen-bond donors (Lipinski definition) is 1. The highest BCUT2D eigenvalue weighted by Crippen LogP contribution is 2.28. The third-order valence-corrected chi connectivity index (χ3v) is 3.67. The third kappa shape index (κ3) is 4.69. The second kappa shape index (κ2) is 9.32. The van der Waals surface area contributed by atoms with Gasteiger partial charge in [0.1, 0.15) is 0 Å². The van der Waals surface area contributed by atoms with Crippen molar-refractivity contribution in [2.24, 2.45) is 5.73 Å². The number of nitrogens with zero attached hydrogens (tertiary/aromatic N) is 1. The standard InChI is InChI=1S/C17H22N2.C2H6/c1-14(13-18)19(2)17(15-9-5-3-6-10-15)16-11-7-4-8-12-16;1-2/h3-12,14,17H,13,18H2,1-2H3;1-2H3. The van der Waals surface area contributed by atoms with E-state index in [0.29, 0.717) is 12.6 Å². The normalized spacial score (nSPS) is 12.0. The molecule has 2 N–H and O–H groups in total. The number of likely N-dealkylation sites (N-methyl/N-ethyl adjacent to an activating group) is 1. The molecular weight excluding hydrogens is 256 g/mol. The van der Waals surface area contributed by atoms with Crippen molar-refractivity contribution in [1.29, 1.82) is 0 Å². The van der Waals surface area contributed by atoms with Crippen LogP contribution >= 0.6 is 0 Å². The van der Waals surface area contributed by atoms with Gasteiger partial charge in [0.05, 0.1) is 6.04 Å². The molecule has 2 rings (SSSR count). The fourth-order valence-corrected chi connectivity index (χ4v) is 2.35. The molecule has 1 unspecified atom stereocenters. The van der Waals surface area contributed by atoms with Crippen molar-refractivity contribution in [3.8, 4) is 0 Å². The maximum Gasteiger partial charge on any atom is 0.0602 e. The summed E-state index contributed by atoms with van der Waals surface area (Å²) >= 11 is 0. The van der Waals surface area contributed by atoms with E-state index in [2.05, 4.69) is 79.5 Å². The van der Waals surface area contributed by atoms with Crippen molar-refractivity contribution in [2.45, 2.75) is 32.9 Å². The summed E-state index contributed by atoms with van der Waals surface area (Å²) < 4.78 is 0. The maximum absolute atomic E-state index is 5.83. The second-order valence-corrected chi connectivity index (χ2v) is 4.97. The van der Waals surface area contributed by atoms with Crippen LogP contribution in [-0.2, 0) is 0 Å². The van der Waals surface area contributed by atoms with Gasteiger partial charge in [-0.1, -0.05) is 74.5 Å². The van der Waals surface area contributed by atoms with E-state index in [1.165, 1.54) is 11.1 Å². The van der Waals surface area contributed by atoms with Gasteiger partial charge >= 0.3 is 0 Å². The van der Waals surface area contributed by atoms with Crippen molar-refractivity contribution >= 4 is 0 Å². The summed E-state index contributed by atoms with van der Waals surface area (Å²) in [6.45, 7) is 6.82. The van der Waals surface area contributed by atoms with Gasteiger partial charge in [-0.3, -0.25) is 4.90 Å². The Kier molecular flexibility index (Phi) is 7.73. The minimum absolute atomic E-state index is 0.251. The highest BCUT2D eigenvalue weighted by Gasteiger charge is 2.22. The first-order chi connectivity index (χ1) is 10.2. The molecule has 0 bridgehead atoms. The molecule has 0 heterocycles. The largest absolute Gasteiger partial charge is 0.329 e. The SMILES string of the molecule is CC.CC(CN)N(C)C(c1ccccc1)c1ccccc1. The van der Waals surface area contributed by atoms with Crippen molar-refractivity contribution in [2.75, 3.05) is 13.6 Å². The monoisotopic (exact) mass is 284 g/mol. The van der Waals surface area contributed by atoms with E-state index in [9.17, 15) is 0 Å². The molecule has 114 valence electrons. The lowest BCUT2D eigenvalue weighted by Crippen LogP contribution is -2.38. The minimum atomic E-state index is 0.251. The van der Waals surface area contributed by atoms with E-state index in [4.69, 9.17) is 5.73 Å². The Labute approximate surface area is 129 Å². The zero-order valence-corrected chi connectivity index (χ0v) is 13.7. The lowest BCUT2D eigenvalue weighted by Gasteiger charge is -2.33. The summed E-state index contributed by atoms with van der Waals surface area (Å²) in [6, 6.07) is 21.8. The van der Waals surface area contributed by atoms with Crippen LogP contribution in [0, 0.1) is 0 Å². The third-order valence-electron chi connectivity index (χ3n) is 3.67. The Balaban J connectivity index is 0.00000106. The summed E-state index contributed by atoms with van der Waals surface area (Å²) in [7, 11) is 2.14. The van der Waals surface area contributed by atoms with Crippen molar-refractivity contribution in [1.82, 2.24) is 4.90 Å². The zero-order valence-electron chi connectivity index (χ0n) is 13.7. The van der Waals surface area contributed by atoms with Gasteiger partial charge in [0.2, 0.25) is 0 Å². The molecule has 0 aromatic heterocycles. The van der Waals surface area contributed by atoms with Crippen molar-refractivity contribution < 1.29 is 0 Å². The molecule has 0 radical (unpaired) electrons. The van der Waals surface area contributed by atoms with Gasteiger partial charge in [0, 0.05) is 12.6 Å². The smallest absolute Gasteiger partial charge is 0.0602 e. The van der Waals surface area contributed by atoms with Gasteiger partial charge in [-0.15, -0.1) is 0 Å². The number of rotatable bonds is 5. The predicted octanol–water partition coefficient (Wildman–Crippen LogP) is 4.08. The Bertz CT molecular complexity index is 442. The Morgan fingerprint density at radius 1 is 0.857 bits per heavy atom. The molecule has 0 aliphatic carbocycles. The van der Waals surface area contributed by atoms with Crippen LogP contribution in [-0.4, -0.2) is 24.5 Å². The van der Waals surface area contributed by atoms with Crippen LogP contribution in [0.15, 0.2) is 60.7 Å². The van der Waals surface area contributed by atoms with Crippen molar-refractivity contribution in [3.63, 3.8) is 0 Å². The van der Waals surface area contributed by atoms with Crippen LogP contribution in [0.5, 0.6) is 0 Å². The number of nitrogens with two attached hydrogens (primary N) is 1. The van der Waals surface area contributed by atoms with E-state index in [-0.39, 0.29) is 6.04 Å². The lowest BCUT2D eigenvalue weighted by atomic mass is 9.96. The van der Waals surface area contributed by atoms with E-state index in [1.54, 1.807) is 0 Å². The van der Waals surface area contributed by atoms with Crippen molar-refractivity contribution in [3.05, 3.63) is 71.8 Å². The molecule has 0 fully saturated rings. The summed E-state index contributed by atoms with van der Waals surface area (Å²) in [5.74, 6) is 0. The molecular formula is C19H28N2. The van der Waals surface area contributed by atoms with Gasteiger partial charge < -0.3 is 5.73 Å². The second-order valence-electron chi connectivity index (χ2n) is 4.97. The average molecular weight is 284 g/mol. The molecule has 1 atom stereocenters. The molecule has 0 saturated carbocycles. The quantitative estimate of drug-likeness (QED) is 0.896. The first-order valence-electron chi connectivity index (χ1n) is 7.76. The first-order valence-corrected chi connectivity index (χ1v) is 7.76. The number of benzene rings is 2. The molecule has 0 amide bonds. The highest BCUT2D eigenvalue weighted by atomic mass is 15.2. The zero-order chi connectivity index (χ0) is 15.7. The minimum Gasteiger partial charge on any atom is -0.329 e. The molecule has 2 heteroatoms. The lowest BCUT2D eigenvalue weighted by molar-refractivity contribution is 0.216. The number of hydrogen-bond acceptors (Lipinski definition) is 2. The van der Waals surface area contributed by atoms with Gasteiger partial charge in [-0.05, 0) is 25.1 Å².